The van der Waals surface area contributed by atoms with E-state index in [1.54, 1.807) is 23.0 Å². The zero-order chi connectivity index (χ0) is 20.8. The van der Waals surface area contributed by atoms with Crippen LogP contribution in [0.4, 0.5) is 4.39 Å². The summed E-state index contributed by atoms with van der Waals surface area (Å²) in [5.74, 6) is -0.250. The number of halogens is 1. The molecule has 2 aromatic carbocycles. The van der Waals surface area contributed by atoms with Gasteiger partial charge in [-0.25, -0.2) is 14.4 Å². The van der Waals surface area contributed by atoms with Gasteiger partial charge < -0.3 is 9.55 Å². The number of nitrogens with one attached hydrogen (secondary N) is 1. The number of H-pyrrole nitrogens is 1. The van der Waals surface area contributed by atoms with E-state index in [0.717, 1.165) is 11.1 Å². The molecule has 4 aromatic rings. The van der Waals surface area contributed by atoms with Crippen molar-refractivity contribution in [2.45, 2.75) is 39.7 Å². The molecule has 0 saturated heterocycles. The number of aromatic nitrogens is 4. The largest absolute Gasteiger partial charge is 0.320 e. The minimum Gasteiger partial charge on any atom is -0.320 e. The van der Waals surface area contributed by atoms with E-state index in [9.17, 15) is 9.18 Å². The fourth-order valence-electron chi connectivity index (χ4n) is 3.36. The first kappa shape index (κ1) is 19.1. The van der Waals surface area contributed by atoms with Gasteiger partial charge in [0, 0.05) is 6.54 Å². The van der Waals surface area contributed by atoms with Gasteiger partial charge in [0.05, 0.1) is 11.9 Å². The zero-order valence-corrected chi connectivity index (χ0v) is 17.0. The molecule has 0 fully saturated rings. The molecule has 0 aliphatic rings. The van der Waals surface area contributed by atoms with Crippen LogP contribution in [0.5, 0.6) is 0 Å². The Morgan fingerprint density at radius 1 is 1.10 bits per heavy atom. The maximum atomic E-state index is 14.2. The second-order valence-electron chi connectivity index (χ2n) is 8.39. The number of aromatic amines is 1. The van der Waals surface area contributed by atoms with E-state index in [2.05, 4.69) is 60.0 Å². The summed E-state index contributed by atoms with van der Waals surface area (Å²) in [5.41, 5.74) is 3.88. The smallest absolute Gasteiger partial charge is 0.277 e. The number of fused-ring (bicyclic) bond motifs is 1. The molecule has 29 heavy (non-hydrogen) atoms. The van der Waals surface area contributed by atoms with Crippen LogP contribution in [0.15, 0.2) is 53.6 Å². The summed E-state index contributed by atoms with van der Waals surface area (Å²) >= 11 is 0. The number of nitrogens with zero attached hydrogens (tertiary/aromatic N) is 3. The topological polar surface area (TPSA) is 63.6 Å². The molecule has 6 heteroatoms. The number of rotatable bonds is 3. The molecule has 0 amide bonds. The second-order valence-corrected chi connectivity index (χ2v) is 8.39. The Labute approximate surface area is 168 Å². The molecule has 0 saturated carbocycles. The van der Waals surface area contributed by atoms with E-state index < -0.39 is 5.82 Å². The average Bonchev–Trinajstić information content (AvgIpc) is 3.06. The minimum absolute atomic E-state index is 0.0861. The quantitative estimate of drug-likeness (QED) is 0.557. The van der Waals surface area contributed by atoms with Crippen LogP contribution in [0, 0.1) is 12.7 Å². The highest BCUT2D eigenvalue weighted by Crippen LogP contribution is 2.23. The summed E-state index contributed by atoms with van der Waals surface area (Å²) in [4.78, 5) is 24.1. The maximum Gasteiger partial charge on any atom is 0.277 e. The molecule has 0 radical (unpaired) electrons. The van der Waals surface area contributed by atoms with E-state index >= 15 is 0 Å². The predicted molar refractivity (Wildman–Crippen MR) is 113 cm³/mol. The Hall–Kier alpha value is -3.28. The van der Waals surface area contributed by atoms with E-state index in [0.29, 0.717) is 17.7 Å². The first-order valence-corrected chi connectivity index (χ1v) is 9.53. The number of benzene rings is 2. The van der Waals surface area contributed by atoms with Gasteiger partial charge in [0.25, 0.3) is 5.56 Å². The average molecular weight is 390 g/mol. The van der Waals surface area contributed by atoms with Gasteiger partial charge in [-0.3, -0.25) is 4.79 Å². The molecule has 2 heterocycles. The second kappa shape index (κ2) is 6.95. The van der Waals surface area contributed by atoms with E-state index in [1.807, 2.05) is 6.92 Å². The van der Waals surface area contributed by atoms with Crippen LogP contribution in [0.2, 0.25) is 0 Å². The van der Waals surface area contributed by atoms with Crippen molar-refractivity contribution in [2.24, 2.45) is 0 Å². The summed E-state index contributed by atoms with van der Waals surface area (Å²) in [6.45, 7) is 8.88. The van der Waals surface area contributed by atoms with Gasteiger partial charge in [-0.15, -0.1) is 0 Å². The van der Waals surface area contributed by atoms with Crippen LogP contribution < -0.4 is 5.56 Å². The van der Waals surface area contributed by atoms with Gasteiger partial charge in [0.15, 0.2) is 11.2 Å². The highest BCUT2D eigenvalue weighted by atomic mass is 19.1. The van der Waals surface area contributed by atoms with Gasteiger partial charge in [-0.2, -0.15) is 0 Å². The van der Waals surface area contributed by atoms with Crippen LogP contribution in [0.3, 0.4) is 0 Å². The molecule has 0 aliphatic heterocycles. The number of aryl methyl sites for hydroxylation is 1. The molecular formula is C23H23FN4O. The Morgan fingerprint density at radius 3 is 2.52 bits per heavy atom. The highest BCUT2D eigenvalue weighted by molar-refractivity contribution is 5.73. The van der Waals surface area contributed by atoms with E-state index in [-0.39, 0.29) is 22.4 Å². The monoisotopic (exact) mass is 390 g/mol. The van der Waals surface area contributed by atoms with Crippen molar-refractivity contribution in [3.63, 3.8) is 0 Å². The number of imidazole rings is 1. The molecule has 2 aromatic heterocycles. The van der Waals surface area contributed by atoms with Crippen LogP contribution in [-0.4, -0.2) is 19.5 Å². The van der Waals surface area contributed by atoms with Gasteiger partial charge in [0.2, 0.25) is 0 Å². The standard InChI is InChI=1S/C23H23FN4O/c1-14-5-10-18(24)17(11-14)20-26-21-19(22(29)27-20)28(13-25-21)12-15-6-8-16(9-7-15)23(2,3)4/h5-11,13H,12H2,1-4H3,(H,26,27,29). The van der Waals surface area contributed by atoms with Crippen LogP contribution in [-0.2, 0) is 12.0 Å². The molecule has 0 atom stereocenters. The highest BCUT2D eigenvalue weighted by Gasteiger charge is 2.16. The number of hydrogen-bond acceptors (Lipinski definition) is 3. The van der Waals surface area contributed by atoms with Crippen molar-refractivity contribution < 1.29 is 4.39 Å². The summed E-state index contributed by atoms with van der Waals surface area (Å²) in [5, 5.41) is 0. The normalized spacial score (nSPS) is 11.9. The molecule has 0 aliphatic carbocycles. The molecule has 5 nitrogen and oxygen atoms in total. The van der Waals surface area contributed by atoms with Gasteiger partial charge in [-0.05, 0) is 35.6 Å². The fraction of sp³-hybridized carbons (Fsp3) is 0.261. The fourth-order valence-corrected chi connectivity index (χ4v) is 3.36. The zero-order valence-electron chi connectivity index (χ0n) is 17.0. The lowest BCUT2D eigenvalue weighted by Gasteiger charge is -2.19. The molecule has 1 N–H and O–H groups in total. The third-order valence-corrected chi connectivity index (χ3v) is 5.03. The summed E-state index contributed by atoms with van der Waals surface area (Å²) in [7, 11) is 0. The van der Waals surface area contributed by atoms with E-state index in [1.165, 1.54) is 11.6 Å². The minimum atomic E-state index is -0.434. The lowest BCUT2D eigenvalue weighted by Crippen LogP contribution is -2.14. The Morgan fingerprint density at radius 2 is 1.83 bits per heavy atom. The van der Waals surface area contributed by atoms with Crippen molar-refractivity contribution in [3.8, 4) is 11.4 Å². The molecule has 0 unspecified atom stereocenters. The number of hydrogen-bond donors (Lipinski definition) is 1. The predicted octanol–water partition coefficient (Wildman–Crippen LogP) is 4.58. The third-order valence-electron chi connectivity index (χ3n) is 5.03. The third kappa shape index (κ3) is 3.70. The SMILES string of the molecule is Cc1ccc(F)c(-c2nc3ncn(Cc4ccc(C(C)(C)C)cc4)c3c(=O)[nH]2)c1. The first-order valence-electron chi connectivity index (χ1n) is 9.53. The Balaban J connectivity index is 1.71. The van der Waals surface area contributed by atoms with Gasteiger partial charge in [0.1, 0.15) is 11.6 Å². The molecule has 0 spiro atoms. The Kier molecular flexibility index (Phi) is 4.57. The van der Waals surface area contributed by atoms with Crippen molar-refractivity contribution in [1.29, 1.82) is 0 Å². The Bertz CT molecular complexity index is 1250. The lowest BCUT2D eigenvalue weighted by molar-refractivity contribution is 0.590. The van der Waals surface area contributed by atoms with E-state index in [4.69, 9.17) is 0 Å². The van der Waals surface area contributed by atoms with Crippen LogP contribution in [0.25, 0.3) is 22.6 Å². The molecule has 4 rings (SSSR count). The first-order chi connectivity index (χ1) is 13.7. The van der Waals surface area contributed by atoms with Crippen LogP contribution in [0.1, 0.15) is 37.5 Å². The molecule has 148 valence electrons. The molecular weight excluding hydrogens is 367 g/mol. The van der Waals surface area contributed by atoms with Gasteiger partial charge >= 0.3 is 0 Å². The van der Waals surface area contributed by atoms with Crippen molar-refractivity contribution in [1.82, 2.24) is 19.5 Å². The lowest BCUT2D eigenvalue weighted by atomic mass is 9.87. The van der Waals surface area contributed by atoms with Crippen molar-refractivity contribution >= 4 is 11.2 Å². The summed E-state index contributed by atoms with van der Waals surface area (Å²) in [6, 6.07) is 13.0. The van der Waals surface area contributed by atoms with Crippen molar-refractivity contribution in [2.75, 3.05) is 0 Å². The van der Waals surface area contributed by atoms with Crippen LogP contribution >= 0.6 is 0 Å². The summed E-state index contributed by atoms with van der Waals surface area (Å²) < 4.78 is 16.0. The maximum absolute atomic E-state index is 14.2. The van der Waals surface area contributed by atoms with Crippen molar-refractivity contribution in [3.05, 3.63) is 81.7 Å². The summed E-state index contributed by atoms with van der Waals surface area (Å²) in [6.07, 6.45) is 1.60. The van der Waals surface area contributed by atoms with Gasteiger partial charge in [-0.1, -0.05) is 56.7 Å². The molecule has 0 bridgehead atoms.